The topological polar surface area (TPSA) is 157 Å². The van der Waals surface area contributed by atoms with E-state index in [0.29, 0.717) is 6.42 Å². The molecule has 1 heterocycles. The summed E-state index contributed by atoms with van der Waals surface area (Å²) in [6, 6.07) is 0. The minimum Gasteiger partial charge on any atom is -0.457 e. The van der Waals surface area contributed by atoms with Crippen molar-refractivity contribution in [3.8, 4) is 0 Å². The average molecular weight is 439 g/mol. The Hall–Kier alpha value is -0.810. The van der Waals surface area contributed by atoms with Crippen LogP contribution in [-0.4, -0.2) is 93.6 Å². The third-order valence-corrected chi connectivity index (χ3v) is 4.93. The van der Waals surface area contributed by atoms with E-state index in [9.17, 15) is 20.1 Å². The first kappa shape index (κ1) is 29.2. The number of rotatable bonds is 15. The van der Waals surface area contributed by atoms with E-state index >= 15 is 0 Å². The first-order valence-electron chi connectivity index (χ1n) is 11.1. The lowest BCUT2D eigenvalue weighted by atomic mass is 10.1. The van der Waals surface area contributed by atoms with Gasteiger partial charge in [0.15, 0.2) is 6.10 Å². The predicted octanol–water partition coefficient (Wildman–Crippen LogP) is 0.264. The van der Waals surface area contributed by atoms with Crippen LogP contribution < -0.4 is 0 Å². The summed E-state index contributed by atoms with van der Waals surface area (Å²) >= 11 is 0. The molecule has 0 bridgehead atoms. The van der Waals surface area contributed by atoms with Crippen molar-refractivity contribution in [2.75, 3.05) is 26.4 Å². The molecular formula is C21H42O9. The van der Waals surface area contributed by atoms with Gasteiger partial charge >= 0.3 is 5.97 Å². The Balaban J connectivity index is 0.00000122. The van der Waals surface area contributed by atoms with Crippen LogP contribution in [0.25, 0.3) is 0 Å². The Kier molecular flexibility index (Phi) is 18.4. The fraction of sp³-hybridized carbons (Fsp3) is 0.952. The summed E-state index contributed by atoms with van der Waals surface area (Å²) in [7, 11) is 0. The van der Waals surface area contributed by atoms with Crippen LogP contribution in [0.3, 0.4) is 0 Å². The van der Waals surface area contributed by atoms with Gasteiger partial charge in [0.05, 0.1) is 26.4 Å². The van der Waals surface area contributed by atoms with Crippen molar-refractivity contribution < 1.29 is 44.9 Å². The van der Waals surface area contributed by atoms with Crippen molar-refractivity contribution in [2.24, 2.45) is 0 Å². The number of esters is 1. The zero-order chi connectivity index (χ0) is 22.8. The Labute approximate surface area is 179 Å². The monoisotopic (exact) mass is 438 g/mol. The van der Waals surface area contributed by atoms with Crippen molar-refractivity contribution in [3.63, 3.8) is 0 Å². The predicted molar refractivity (Wildman–Crippen MR) is 111 cm³/mol. The zero-order valence-corrected chi connectivity index (χ0v) is 18.2. The maximum atomic E-state index is 11.8. The van der Waals surface area contributed by atoms with E-state index in [1.54, 1.807) is 0 Å². The number of unbranched alkanes of at least 4 members (excludes halogenated alkanes) is 8. The van der Waals surface area contributed by atoms with Gasteiger partial charge in [-0.05, 0) is 6.42 Å². The van der Waals surface area contributed by atoms with E-state index in [1.165, 1.54) is 38.5 Å². The number of hydrogen-bond acceptors (Lipinski definition) is 9. The number of aliphatic hydroxyl groups is 6. The van der Waals surface area contributed by atoms with Crippen molar-refractivity contribution in [3.05, 3.63) is 0 Å². The number of aliphatic hydroxyl groups excluding tert-OH is 6. The number of carbonyl (C=O) groups is 1. The molecule has 1 fully saturated rings. The molecular weight excluding hydrogens is 396 g/mol. The molecule has 0 spiro atoms. The van der Waals surface area contributed by atoms with Crippen LogP contribution in [0.2, 0.25) is 0 Å². The minimum absolute atomic E-state index is 0.0157. The molecule has 4 atom stereocenters. The molecule has 0 aromatic carbocycles. The van der Waals surface area contributed by atoms with Crippen LogP contribution >= 0.6 is 0 Å². The van der Waals surface area contributed by atoms with Crippen molar-refractivity contribution in [1.82, 2.24) is 0 Å². The van der Waals surface area contributed by atoms with Crippen LogP contribution in [0.1, 0.15) is 71.1 Å². The van der Waals surface area contributed by atoms with Gasteiger partial charge in [-0.2, -0.15) is 0 Å². The summed E-state index contributed by atoms with van der Waals surface area (Å²) in [6.07, 6.45) is 5.96. The lowest BCUT2D eigenvalue weighted by molar-refractivity contribution is -0.162. The second-order valence-corrected chi connectivity index (χ2v) is 7.66. The lowest BCUT2D eigenvalue weighted by Crippen LogP contribution is -2.43. The maximum Gasteiger partial charge on any atom is 0.306 e. The Bertz CT molecular complexity index is 404. The molecule has 0 aromatic rings. The SMILES string of the molecule is CCCCCCCCCCCC(=O)O[C@H](CO)[C@H]1OC[C@H](O)[C@H]1O.OCC(O)CO. The molecule has 1 aliphatic heterocycles. The standard InChI is InChI=1S/C18H34O6.C3H8O3/c1-2-3-4-5-6-7-8-9-10-11-16(21)24-15(12-19)18-17(22)14(20)13-23-18;4-1-3(6)2-5/h14-15,17-20,22H,2-13H2,1H3;3-6H,1-2H2/t14-,15+,17+,18+;/m0./s1. The smallest absolute Gasteiger partial charge is 0.306 e. The second-order valence-electron chi connectivity index (χ2n) is 7.66. The van der Waals surface area contributed by atoms with Crippen LogP contribution in [0.5, 0.6) is 0 Å². The third-order valence-electron chi connectivity index (χ3n) is 4.93. The van der Waals surface area contributed by atoms with Gasteiger partial charge in [-0.25, -0.2) is 0 Å². The molecule has 0 aromatic heterocycles. The van der Waals surface area contributed by atoms with Gasteiger partial charge in [-0.3, -0.25) is 4.79 Å². The van der Waals surface area contributed by atoms with Gasteiger partial charge in [0.2, 0.25) is 0 Å². The summed E-state index contributed by atoms with van der Waals surface area (Å²) in [5, 5.41) is 52.5. The van der Waals surface area contributed by atoms with Crippen LogP contribution in [0, 0.1) is 0 Å². The van der Waals surface area contributed by atoms with Gasteiger partial charge in [0, 0.05) is 6.42 Å². The van der Waals surface area contributed by atoms with Gasteiger partial charge in [0.1, 0.15) is 24.4 Å². The average Bonchev–Trinajstić information content (AvgIpc) is 3.09. The Morgan fingerprint density at radius 2 is 1.47 bits per heavy atom. The highest BCUT2D eigenvalue weighted by Gasteiger charge is 2.41. The summed E-state index contributed by atoms with van der Waals surface area (Å²) in [4.78, 5) is 11.8. The molecule has 0 unspecified atom stereocenters. The summed E-state index contributed by atoms with van der Waals surface area (Å²) in [5.74, 6) is -0.394. The molecule has 0 aliphatic carbocycles. The molecule has 9 nitrogen and oxygen atoms in total. The Morgan fingerprint density at radius 3 is 1.87 bits per heavy atom. The summed E-state index contributed by atoms with van der Waals surface area (Å²) in [6.45, 7) is 1.03. The van der Waals surface area contributed by atoms with Crippen molar-refractivity contribution in [1.29, 1.82) is 0 Å². The normalized spacial score (nSPS) is 21.9. The maximum absolute atomic E-state index is 11.8. The van der Waals surface area contributed by atoms with E-state index in [2.05, 4.69) is 6.92 Å². The van der Waals surface area contributed by atoms with Crippen LogP contribution in [0.15, 0.2) is 0 Å². The highest BCUT2D eigenvalue weighted by atomic mass is 16.6. The second kappa shape index (κ2) is 18.9. The van der Waals surface area contributed by atoms with Crippen molar-refractivity contribution in [2.45, 2.75) is 102 Å². The molecule has 1 saturated heterocycles. The molecule has 1 aliphatic rings. The number of ether oxygens (including phenoxy) is 2. The number of hydrogen-bond donors (Lipinski definition) is 6. The largest absolute Gasteiger partial charge is 0.457 e. The molecule has 0 amide bonds. The van der Waals surface area contributed by atoms with Gasteiger partial charge in [-0.15, -0.1) is 0 Å². The van der Waals surface area contributed by atoms with Crippen LogP contribution in [0.4, 0.5) is 0 Å². The molecule has 180 valence electrons. The van der Waals surface area contributed by atoms with Crippen molar-refractivity contribution >= 4 is 5.97 Å². The fourth-order valence-electron chi connectivity index (χ4n) is 3.03. The molecule has 0 radical (unpaired) electrons. The zero-order valence-electron chi connectivity index (χ0n) is 18.2. The van der Waals surface area contributed by atoms with Gasteiger partial charge in [0.25, 0.3) is 0 Å². The van der Waals surface area contributed by atoms with Gasteiger partial charge in [-0.1, -0.05) is 58.3 Å². The molecule has 0 saturated carbocycles. The summed E-state index contributed by atoms with van der Waals surface area (Å²) in [5.41, 5.74) is 0. The lowest BCUT2D eigenvalue weighted by Gasteiger charge is -2.24. The molecule has 30 heavy (non-hydrogen) atoms. The van der Waals surface area contributed by atoms with E-state index < -0.39 is 43.1 Å². The Morgan fingerprint density at radius 1 is 0.933 bits per heavy atom. The van der Waals surface area contributed by atoms with E-state index in [-0.39, 0.29) is 19.8 Å². The summed E-state index contributed by atoms with van der Waals surface area (Å²) < 4.78 is 10.4. The molecule has 1 rings (SSSR count). The third kappa shape index (κ3) is 13.5. The van der Waals surface area contributed by atoms with Crippen LogP contribution in [-0.2, 0) is 14.3 Å². The van der Waals surface area contributed by atoms with E-state index in [0.717, 1.165) is 19.3 Å². The first-order valence-corrected chi connectivity index (χ1v) is 11.1. The highest BCUT2D eigenvalue weighted by Crippen LogP contribution is 2.20. The molecule has 9 heteroatoms. The fourth-order valence-corrected chi connectivity index (χ4v) is 3.03. The van der Waals surface area contributed by atoms with Gasteiger partial charge < -0.3 is 40.1 Å². The first-order chi connectivity index (χ1) is 14.4. The number of carbonyl (C=O) groups excluding carboxylic acids is 1. The minimum atomic E-state index is -1.14. The highest BCUT2D eigenvalue weighted by molar-refractivity contribution is 5.69. The van der Waals surface area contributed by atoms with E-state index in [1.807, 2.05) is 0 Å². The quantitative estimate of drug-likeness (QED) is 0.156. The molecule has 6 N–H and O–H groups in total. The van der Waals surface area contributed by atoms with E-state index in [4.69, 9.17) is 24.8 Å².